The highest BCUT2D eigenvalue weighted by molar-refractivity contribution is 5.86. The van der Waals surface area contributed by atoms with Crippen molar-refractivity contribution in [1.82, 2.24) is 0 Å². The van der Waals surface area contributed by atoms with Gasteiger partial charge in [0.2, 0.25) is 0 Å². The first kappa shape index (κ1) is 18.0. The van der Waals surface area contributed by atoms with Gasteiger partial charge in [0, 0.05) is 12.0 Å². The molecule has 1 atom stereocenters. The summed E-state index contributed by atoms with van der Waals surface area (Å²) in [6, 6.07) is 7.57. The topological polar surface area (TPSA) is 52.6 Å². The molecule has 0 saturated heterocycles. The molecule has 0 heterocycles. The van der Waals surface area contributed by atoms with Gasteiger partial charge in [-0.3, -0.25) is 4.79 Å². The van der Waals surface area contributed by atoms with Crippen LogP contribution in [-0.4, -0.2) is 18.5 Å². The summed E-state index contributed by atoms with van der Waals surface area (Å²) in [6.45, 7) is 9.55. The molecule has 120 valence electrons. The van der Waals surface area contributed by atoms with E-state index in [4.69, 9.17) is 9.47 Å². The van der Waals surface area contributed by atoms with Crippen LogP contribution < -0.4 is 4.74 Å². The third-order valence-corrected chi connectivity index (χ3v) is 3.40. The van der Waals surface area contributed by atoms with Crippen LogP contribution in [0.15, 0.2) is 36.4 Å². The van der Waals surface area contributed by atoms with Crippen molar-refractivity contribution >= 4 is 11.9 Å². The van der Waals surface area contributed by atoms with Crippen LogP contribution in [0.4, 0.5) is 0 Å². The monoisotopic (exact) mass is 304 g/mol. The Morgan fingerprint density at radius 2 is 1.86 bits per heavy atom. The third kappa shape index (κ3) is 6.12. The summed E-state index contributed by atoms with van der Waals surface area (Å²) in [7, 11) is 0. The molecule has 1 unspecified atom stereocenters. The summed E-state index contributed by atoms with van der Waals surface area (Å²) < 4.78 is 10.2. The lowest BCUT2D eigenvalue weighted by molar-refractivity contribution is -0.141. The summed E-state index contributed by atoms with van der Waals surface area (Å²) in [6.07, 6.45) is 1.71. The van der Waals surface area contributed by atoms with E-state index in [1.54, 1.807) is 19.1 Å². The van der Waals surface area contributed by atoms with Crippen molar-refractivity contribution in [1.29, 1.82) is 0 Å². The Kier molecular flexibility index (Phi) is 7.37. The number of ether oxygens (including phenoxy) is 2. The van der Waals surface area contributed by atoms with Crippen molar-refractivity contribution in [2.75, 3.05) is 6.61 Å². The van der Waals surface area contributed by atoms with Crippen LogP contribution in [0.5, 0.6) is 5.75 Å². The third-order valence-electron chi connectivity index (χ3n) is 3.40. The van der Waals surface area contributed by atoms with Crippen molar-refractivity contribution < 1.29 is 19.1 Å². The van der Waals surface area contributed by atoms with E-state index < -0.39 is 5.97 Å². The van der Waals surface area contributed by atoms with Crippen molar-refractivity contribution in [3.8, 4) is 5.75 Å². The van der Waals surface area contributed by atoms with E-state index in [0.29, 0.717) is 23.7 Å². The fraction of sp³-hybridized carbons (Fsp3) is 0.444. The minimum absolute atomic E-state index is 0.188. The zero-order valence-electron chi connectivity index (χ0n) is 13.6. The van der Waals surface area contributed by atoms with Gasteiger partial charge in [0.1, 0.15) is 5.75 Å². The van der Waals surface area contributed by atoms with E-state index in [0.717, 1.165) is 6.42 Å². The van der Waals surface area contributed by atoms with E-state index in [1.807, 2.05) is 12.1 Å². The number of hydrogen-bond acceptors (Lipinski definition) is 4. The van der Waals surface area contributed by atoms with E-state index in [2.05, 4.69) is 20.4 Å². The number of carbonyl (C=O) groups excluding carboxylic acids is 2. The van der Waals surface area contributed by atoms with Crippen LogP contribution in [0.1, 0.15) is 51.5 Å². The van der Waals surface area contributed by atoms with E-state index in [9.17, 15) is 9.59 Å². The van der Waals surface area contributed by atoms with Crippen LogP contribution in [-0.2, 0) is 14.3 Å². The molecule has 0 N–H and O–H groups in total. The molecule has 0 aliphatic rings. The standard InChI is InChI=1S/C18H24O4/c1-5-14(4)15-8-10-16(11-9-15)22-17(19)7-6-12-21-18(20)13(2)3/h8-11,14H,2,5-7,12H2,1,3-4H3. The first-order valence-electron chi connectivity index (χ1n) is 7.57. The molecule has 0 fully saturated rings. The molecule has 0 spiro atoms. The molecule has 22 heavy (non-hydrogen) atoms. The molecule has 1 rings (SSSR count). The lowest BCUT2D eigenvalue weighted by Gasteiger charge is -2.10. The van der Waals surface area contributed by atoms with Gasteiger partial charge in [0.25, 0.3) is 0 Å². The average molecular weight is 304 g/mol. The van der Waals surface area contributed by atoms with Crippen LogP contribution in [0.2, 0.25) is 0 Å². The molecule has 4 nitrogen and oxygen atoms in total. The molecule has 0 saturated carbocycles. The van der Waals surface area contributed by atoms with Gasteiger partial charge in [-0.2, -0.15) is 0 Å². The van der Waals surface area contributed by atoms with Gasteiger partial charge in [0.15, 0.2) is 0 Å². The van der Waals surface area contributed by atoms with E-state index in [1.165, 1.54) is 5.56 Å². The number of benzene rings is 1. The zero-order chi connectivity index (χ0) is 16.5. The molecule has 0 aliphatic carbocycles. The lowest BCUT2D eigenvalue weighted by atomic mass is 9.99. The normalized spacial score (nSPS) is 11.6. The SMILES string of the molecule is C=C(C)C(=O)OCCCC(=O)Oc1ccc(C(C)CC)cc1. The van der Waals surface area contributed by atoms with Crippen LogP contribution in [0.25, 0.3) is 0 Å². The highest BCUT2D eigenvalue weighted by atomic mass is 16.5. The maximum absolute atomic E-state index is 11.7. The smallest absolute Gasteiger partial charge is 0.333 e. The fourth-order valence-electron chi connectivity index (χ4n) is 1.79. The molecule has 1 aromatic rings. The first-order chi connectivity index (χ1) is 10.4. The van der Waals surface area contributed by atoms with Crippen LogP contribution in [0, 0.1) is 0 Å². The Morgan fingerprint density at radius 3 is 2.41 bits per heavy atom. The van der Waals surface area contributed by atoms with E-state index in [-0.39, 0.29) is 19.0 Å². The minimum Gasteiger partial charge on any atom is -0.462 e. The fourth-order valence-corrected chi connectivity index (χ4v) is 1.79. The highest BCUT2D eigenvalue weighted by Gasteiger charge is 2.08. The predicted molar refractivity (Wildman–Crippen MR) is 85.8 cm³/mol. The predicted octanol–water partition coefficient (Wildman–Crippen LogP) is 4.01. The molecule has 0 bridgehead atoms. The number of esters is 2. The van der Waals surface area contributed by atoms with Crippen LogP contribution >= 0.6 is 0 Å². The second kappa shape index (κ2) is 9.03. The lowest BCUT2D eigenvalue weighted by Crippen LogP contribution is -2.11. The Morgan fingerprint density at radius 1 is 1.23 bits per heavy atom. The second-order valence-electron chi connectivity index (χ2n) is 5.37. The number of hydrogen-bond donors (Lipinski definition) is 0. The second-order valence-corrected chi connectivity index (χ2v) is 5.37. The van der Waals surface area contributed by atoms with Crippen molar-refractivity contribution in [2.24, 2.45) is 0 Å². The van der Waals surface area contributed by atoms with E-state index >= 15 is 0 Å². The number of carbonyl (C=O) groups is 2. The van der Waals surface area contributed by atoms with Gasteiger partial charge in [-0.25, -0.2) is 4.79 Å². The quantitative estimate of drug-likeness (QED) is 0.315. The molecular weight excluding hydrogens is 280 g/mol. The maximum Gasteiger partial charge on any atom is 0.333 e. The van der Waals surface area contributed by atoms with Crippen molar-refractivity contribution in [3.05, 3.63) is 42.0 Å². The largest absolute Gasteiger partial charge is 0.462 e. The maximum atomic E-state index is 11.7. The molecule has 0 aromatic heterocycles. The summed E-state index contributed by atoms with van der Waals surface area (Å²) in [4.78, 5) is 22.8. The summed E-state index contributed by atoms with van der Waals surface area (Å²) in [5.74, 6) is 0.264. The highest BCUT2D eigenvalue weighted by Crippen LogP contribution is 2.21. The Hall–Kier alpha value is -2.10. The van der Waals surface area contributed by atoms with Crippen molar-refractivity contribution in [3.63, 3.8) is 0 Å². The Balaban J connectivity index is 2.33. The van der Waals surface area contributed by atoms with Crippen molar-refractivity contribution in [2.45, 2.75) is 46.0 Å². The summed E-state index contributed by atoms with van der Waals surface area (Å²) in [5.41, 5.74) is 1.58. The molecule has 4 heteroatoms. The van der Waals surface area contributed by atoms with Gasteiger partial charge in [-0.15, -0.1) is 0 Å². The van der Waals surface area contributed by atoms with Gasteiger partial charge >= 0.3 is 11.9 Å². The minimum atomic E-state index is -0.436. The van der Waals surface area contributed by atoms with Crippen LogP contribution in [0.3, 0.4) is 0 Å². The number of rotatable bonds is 8. The first-order valence-corrected chi connectivity index (χ1v) is 7.57. The van der Waals surface area contributed by atoms with Gasteiger partial charge in [-0.1, -0.05) is 32.6 Å². The van der Waals surface area contributed by atoms with Gasteiger partial charge in [-0.05, 0) is 43.4 Å². The molecule has 1 aromatic carbocycles. The zero-order valence-corrected chi connectivity index (χ0v) is 13.6. The average Bonchev–Trinajstić information content (AvgIpc) is 2.51. The summed E-state index contributed by atoms with van der Waals surface area (Å²) >= 11 is 0. The molecule has 0 aliphatic heterocycles. The van der Waals surface area contributed by atoms with Gasteiger partial charge < -0.3 is 9.47 Å². The molecular formula is C18H24O4. The summed E-state index contributed by atoms with van der Waals surface area (Å²) in [5, 5.41) is 0. The Bertz CT molecular complexity index is 516. The Labute approximate surface area is 132 Å². The van der Waals surface area contributed by atoms with Gasteiger partial charge in [0.05, 0.1) is 6.61 Å². The molecule has 0 radical (unpaired) electrons. The molecule has 0 amide bonds.